The van der Waals surface area contributed by atoms with Crippen LogP contribution in [-0.2, 0) is 4.79 Å². The summed E-state index contributed by atoms with van der Waals surface area (Å²) in [5.41, 5.74) is 1.52. The van der Waals surface area contributed by atoms with Gasteiger partial charge >= 0.3 is 0 Å². The molecule has 1 atom stereocenters. The Morgan fingerprint density at radius 3 is 2.78 bits per heavy atom. The highest BCUT2D eigenvalue weighted by molar-refractivity contribution is 7.80. The van der Waals surface area contributed by atoms with Crippen molar-refractivity contribution in [2.75, 3.05) is 26.2 Å². The van der Waals surface area contributed by atoms with Crippen LogP contribution >= 0.6 is 12.2 Å². The zero-order valence-electron chi connectivity index (χ0n) is 16.8. The van der Waals surface area contributed by atoms with Gasteiger partial charge < -0.3 is 15.5 Å². The smallest absolute Gasteiger partial charge is 0.222 e. The summed E-state index contributed by atoms with van der Waals surface area (Å²) in [5.74, 6) is 1.88. The lowest BCUT2D eigenvalue weighted by Crippen LogP contribution is -2.40. The second-order valence-electron chi connectivity index (χ2n) is 8.61. The van der Waals surface area contributed by atoms with Crippen LogP contribution in [0, 0.1) is 11.8 Å². The number of hydrogen-bond donors (Lipinski definition) is 2. The molecule has 1 heterocycles. The van der Waals surface area contributed by atoms with E-state index in [1.54, 1.807) is 0 Å². The number of hydrogen-bond acceptors (Lipinski definition) is 2. The maximum Gasteiger partial charge on any atom is 0.222 e. The lowest BCUT2D eigenvalue weighted by Gasteiger charge is -2.36. The van der Waals surface area contributed by atoms with Crippen molar-refractivity contribution in [2.24, 2.45) is 11.8 Å². The number of nitrogens with zero attached hydrogens (tertiary/aromatic N) is 1. The molecular formula is C22H37N3OS. The summed E-state index contributed by atoms with van der Waals surface area (Å²) in [6.07, 6.45) is 16.8. The molecule has 0 bridgehead atoms. The summed E-state index contributed by atoms with van der Waals surface area (Å²) in [6.45, 7) is 3.71. The van der Waals surface area contributed by atoms with Crippen LogP contribution in [0.25, 0.3) is 0 Å². The van der Waals surface area contributed by atoms with Gasteiger partial charge in [-0.1, -0.05) is 30.9 Å². The number of fused-ring (bicyclic) bond motifs is 1. The molecule has 1 saturated heterocycles. The van der Waals surface area contributed by atoms with Crippen LogP contribution in [0.3, 0.4) is 0 Å². The molecule has 3 rings (SSSR count). The number of rotatable bonds is 7. The molecule has 2 aliphatic carbocycles. The normalized spacial score (nSPS) is 23.3. The second-order valence-corrected chi connectivity index (χ2v) is 9.02. The minimum atomic E-state index is 0.331. The molecular weight excluding hydrogens is 354 g/mol. The van der Waals surface area contributed by atoms with E-state index in [1.807, 2.05) is 0 Å². The number of piperidine rings is 1. The first-order valence-corrected chi connectivity index (χ1v) is 11.6. The van der Waals surface area contributed by atoms with Gasteiger partial charge in [0.1, 0.15) is 0 Å². The van der Waals surface area contributed by atoms with Crippen LogP contribution in [0.1, 0.15) is 77.0 Å². The zero-order chi connectivity index (χ0) is 18.9. The standard InChI is InChI=1S/C22H37N3OS/c26-21(25-15-13-19-10-4-5-11-20(19)17-25)12-6-7-14-23-22(27)24-16-18-8-2-1-3-9-18/h11,18-19H,1-10,12-17H2,(H2,23,24,27). The molecule has 0 aromatic carbocycles. The summed E-state index contributed by atoms with van der Waals surface area (Å²) >= 11 is 5.38. The number of nitrogens with one attached hydrogen (secondary N) is 2. The van der Waals surface area contributed by atoms with Gasteiger partial charge in [0, 0.05) is 32.6 Å². The van der Waals surface area contributed by atoms with Gasteiger partial charge in [-0.2, -0.15) is 0 Å². The van der Waals surface area contributed by atoms with E-state index < -0.39 is 0 Å². The molecule has 1 aliphatic heterocycles. The number of allylic oxidation sites excluding steroid dienone is 1. The third-order valence-corrected chi connectivity index (χ3v) is 6.83. The van der Waals surface area contributed by atoms with E-state index in [4.69, 9.17) is 12.2 Å². The lowest BCUT2D eigenvalue weighted by atomic mass is 9.82. The Morgan fingerprint density at radius 2 is 1.93 bits per heavy atom. The SMILES string of the molecule is O=C(CCCCNC(=S)NCC1CCCCC1)N1CCC2CCCC=C2C1. The first kappa shape index (κ1) is 20.6. The Bertz CT molecular complexity index is 528. The van der Waals surface area contributed by atoms with E-state index in [0.29, 0.717) is 12.3 Å². The molecule has 4 nitrogen and oxygen atoms in total. The highest BCUT2D eigenvalue weighted by Gasteiger charge is 2.27. The summed E-state index contributed by atoms with van der Waals surface area (Å²) in [7, 11) is 0. The van der Waals surface area contributed by atoms with E-state index in [-0.39, 0.29) is 0 Å². The third-order valence-electron chi connectivity index (χ3n) is 6.54. The predicted octanol–water partition coefficient (Wildman–Crippen LogP) is 4.16. The maximum absolute atomic E-state index is 12.5. The van der Waals surface area contributed by atoms with Crippen LogP contribution in [0.2, 0.25) is 0 Å². The van der Waals surface area contributed by atoms with Gasteiger partial charge in [0.05, 0.1) is 0 Å². The molecule has 3 aliphatic rings. The fourth-order valence-corrected chi connectivity index (χ4v) is 4.99. The third kappa shape index (κ3) is 6.78. The highest BCUT2D eigenvalue weighted by Crippen LogP contribution is 2.32. The number of thiocarbonyl (C=S) groups is 1. The van der Waals surface area contributed by atoms with Gasteiger partial charge in [0.15, 0.2) is 5.11 Å². The number of amides is 1. The molecule has 1 amide bonds. The fourth-order valence-electron chi connectivity index (χ4n) is 4.80. The fraction of sp³-hybridized carbons (Fsp3) is 0.818. The molecule has 0 spiro atoms. The average Bonchev–Trinajstić information content (AvgIpc) is 2.72. The maximum atomic E-state index is 12.5. The Hall–Kier alpha value is -1.10. The zero-order valence-corrected chi connectivity index (χ0v) is 17.6. The molecule has 1 unspecified atom stereocenters. The van der Waals surface area contributed by atoms with E-state index in [9.17, 15) is 4.79 Å². The minimum Gasteiger partial charge on any atom is -0.363 e. The number of likely N-dealkylation sites (tertiary alicyclic amines) is 1. The monoisotopic (exact) mass is 391 g/mol. The second kappa shape index (κ2) is 11.0. The Balaban J connectivity index is 1.23. The highest BCUT2D eigenvalue weighted by atomic mass is 32.1. The molecule has 152 valence electrons. The van der Waals surface area contributed by atoms with E-state index in [2.05, 4.69) is 21.6 Å². The van der Waals surface area contributed by atoms with Crippen LogP contribution < -0.4 is 10.6 Å². The molecule has 0 aromatic heterocycles. The van der Waals surface area contributed by atoms with Crippen molar-refractivity contribution < 1.29 is 4.79 Å². The first-order chi connectivity index (χ1) is 13.2. The van der Waals surface area contributed by atoms with E-state index >= 15 is 0 Å². The topological polar surface area (TPSA) is 44.4 Å². The van der Waals surface area contributed by atoms with Gasteiger partial charge in [0.25, 0.3) is 0 Å². The van der Waals surface area contributed by atoms with Gasteiger partial charge in [-0.3, -0.25) is 4.79 Å². The molecule has 5 heteroatoms. The van der Waals surface area contributed by atoms with Gasteiger partial charge in [0.2, 0.25) is 5.91 Å². The van der Waals surface area contributed by atoms with Crippen molar-refractivity contribution in [3.63, 3.8) is 0 Å². The van der Waals surface area contributed by atoms with Crippen LogP contribution in [0.4, 0.5) is 0 Å². The van der Waals surface area contributed by atoms with E-state index in [1.165, 1.54) is 63.4 Å². The Labute approximate surface area is 170 Å². The van der Waals surface area contributed by atoms with Crippen molar-refractivity contribution in [1.29, 1.82) is 0 Å². The molecule has 27 heavy (non-hydrogen) atoms. The van der Waals surface area contributed by atoms with Gasteiger partial charge in [-0.15, -0.1) is 0 Å². The lowest BCUT2D eigenvalue weighted by molar-refractivity contribution is -0.131. The summed E-state index contributed by atoms with van der Waals surface area (Å²) in [5, 5.41) is 7.44. The first-order valence-electron chi connectivity index (χ1n) is 11.2. The van der Waals surface area contributed by atoms with Crippen molar-refractivity contribution in [2.45, 2.75) is 77.0 Å². The summed E-state index contributed by atoms with van der Waals surface area (Å²) in [6, 6.07) is 0. The quantitative estimate of drug-likeness (QED) is 0.389. The van der Waals surface area contributed by atoms with Crippen LogP contribution in [0.5, 0.6) is 0 Å². The molecule has 1 saturated carbocycles. The van der Waals surface area contributed by atoms with Crippen molar-refractivity contribution in [1.82, 2.24) is 15.5 Å². The van der Waals surface area contributed by atoms with Gasteiger partial charge in [-0.25, -0.2) is 0 Å². The molecule has 0 radical (unpaired) electrons. The van der Waals surface area contributed by atoms with Crippen molar-refractivity contribution in [3.8, 4) is 0 Å². The van der Waals surface area contributed by atoms with Crippen LogP contribution in [-0.4, -0.2) is 42.1 Å². The van der Waals surface area contributed by atoms with Crippen LogP contribution in [0.15, 0.2) is 11.6 Å². The van der Waals surface area contributed by atoms with E-state index in [0.717, 1.165) is 56.0 Å². The Morgan fingerprint density at radius 1 is 1.07 bits per heavy atom. The molecule has 2 N–H and O–H groups in total. The molecule has 2 fully saturated rings. The van der Waals surface area contributed by atoms with Crippen molar-refractivity contribution >= 4 is 23.2 Å². The summed E-state index contributed by atoms with van der Waals surface area (Å²) < 4.78 is 0. The Kier molecular flexibility index (Phi) is 8.43. The van der Waals surface area contributed by atoms with Gasteiger partial charge in [-0.05, 0) is 75.4 Å². The largest absolute Gasteiger partial charge is 0.363 e. The average molecular weight is 392 g/mol. The predicted molar refractivity (Wildman–Crippen MR) is 116 cm³/mol. The number of unbranched alkanes of at least 4 members (excludes halogenated alkanes) is 1. The number of carbonyl (C=O) groups excluding carboxylic acids is 1. The summed E-state index contributed by atoms with van der Waals surface area (Å²) in [4.78, 5) is 14.6. The minimum absolute atomic E-state index is 0.331. The number of carbonyl (C=O) groups is 1. The van der Waals surface area contributed by atoms with Crippen molar-refractivity contribution in [3.05, 3.63) is 11.6 Å². The molecule has 0 aromatic rings.